The Morgan fingerprint density at radius 2 is 0.532 bits per heavy atom. The Hall–Kier alpha value is -2.85. The van der Waals surface area contributed by atoms with Crippen molar-refractivity contribution >= 4 is 54.1 Å². The lowest BCUT2D eigenvalue weighted by Crippen LogP contribution is -2.32. The number of fused-ring (bicyclic) bond motifs is 3. The van der Waals surface area contributed by atoms with Gasteiger partial charge >= 0.3 is 0 Å². The van der Waals surface area contributed by atoms with Crippen LogP contribution in [0.2, 0.25) is 72.5 Å². The summed E-state index contributed by atoms with van der Waals surface area (Å²) in [5.74, 6) is 15.7. The standard InChI is InChI=1S/C56H88N2Si4/c1-13-29-59(30-14-2,31-15-3)41-25-49-45-53-51(27-43-61(35-19-7,36-20-8)37-21-9)52(28-44-62(38-22-10,39-23-11)40-24-12)54-46-50(48-58-56(54)55(53)57-47-49)26-42-60(32-16-4,33-17-5)34-18-6/h45-48H,13-24,29-40H2,1-12H3. The summed E-state index contributed by atoms with van der Waals surface area (Å²) < 4.78 is 0. The smallest absolute Gasteiger partial charge is 0.138 e. The van der Waals surface area contributed by atoms with Gasteiger partial charge in [-0.25, -0.2) is 0 Å². The summed E-state index contributed by atoms with van der Waals surface area (Å²) in [6.45, 7) is 28.2. The summed E-state index contributed by atoms with van der Waals surface area (Å²) in [6.07, 6.45) is 18.5. The fourth-order valence-electron chi connectivity index (χ4n) is 11.1. The highest BCUT2D eigenvalue weighted by Gasteiger charge is 2.32. The second-order valence-electron chi connectivity index (χ2n) is 19.1. The first-order chi connectivity index (χ1) is 30.0. The Bertz CT molecular complexity index is 1890. The van der Waals surface area contributed by atoms with Crippen molar-refractivity contribution in [3.05, 3.63) is 46.8 Å². The van der Waals surface area contributed by atoms with Crippen LogP contribution in [-0.2, 0) is 0 Å². The molecule has 0 saturated carbocycles. The van der Waals surface area contributed by atoms with E-state index in [-0.39, 0.29) is 0 Å². The Kier molecular flexibility index (Phi) is 23.7. The zero-order valence-electron chi connectivity index (χ0n) is 42.2. The van der Waals surface area contributed by atoms with E-state index < -0.39 is 32.3 Å². The van der Waals surface area contributed by atoms with Gasteiger partial charge in [0.15, 0.2) is 0 Å². The second kappa shape index (κ2) is 27.5. The number of nitrogens with zero attached hydrogens (tertiary/aromatic N) is 2. The van der Waals surface area contributed by atoms with Crippen molar-refractivity contribution in [1.82, 2.24) is 9.97 Å². The van der Waals surface area contributed by atoms with Crippen LogP contribution < -0.4 is 0 Å². The van der Waals surface area contributed by atoms with Gasteiger partial charge in [-0.1, -0.05) is 184 Å². The largest absolute Gasteiger partial charge is 0.253 e. The first-order valence-electron chi connectivity index (χ1n) is 25.9. The quantitative estimate of drug-likeness (QED) is 0.0509. The molecule has 0 saturated heterocycles. The van der Waals surface area contributed by atoms with Crippen molar-refractivity contribution in [3.8, 4) is 45.9 Å². The summed E-state index contributed by atoms with van der Waals surface area (Å²) in [5, 5.41) is 2.17. The molecule has 0 radical (unpaired) electrons. The molecule has 62 heavy (non-hydrogen) atoms. The molecule has 0 N–H and O–H groups in total. The molecule has 3 rings (SSSR count). The minimum atomic E-state index is -1.88. The van der Waals surface area contributed by atoms with Gasteiger partial charge in [-0.15, -0.1) is 22.2 Å². The van der Waals surface area contributed by atoms with Crippen molar-refractivity contribution in [3.63, 3.8) is 0 Å². The molecule has 2 aromatic heterocycles. The monoisotopic (exact) mass is 901 g/mol. The minimum absolute atomic E-state index is 0.929. The van der Waals surface area contributed by atoms with Crippen LogP contribution in [0.5, 0.6) is 0 Å². The SMILES string of the molecule is CCC[Si](C#Cc1cnc2c(c1)c(C#C[Si](CCC)(CCC)CCC)c(C#C[Si](CCC)(CCC)CCC)c1cc(C#C[Si](CCC)(CCC)CCC)cnc12)(CCC)CCC. The molecule has 0 fully saturated rings. The van der Waals surface area contributed by atoms with E-state index >= 15 is 0 Å². The van der Waals surface area contributed by atoms with E-state index in [4.69, 9.17) is 9.97 Å². The van der Waals surface area contributed by atoms with Crippen LogP contribution in [0.3, 0.4) is 0 Å². The van der Waals surface area contributed by atoms with E-state index in [1.54, 1.807) is 0 Å². The van der Waals surface area contributed by atoms with Crippen molar-refractivity contribution in [2.24, 2.45) is 0 Å². The molecule has 0 bridgehead atoms. The maximum Gasteiger partial charge on any atom is 0.138 e. The molecule has 338 valence electrons. The maximum absolute atomic E-state index is 5.31. The lowest BCUT2D eigenvalue weighted by atomic mass is 9.96. The lowest BCUT2D eigenvalue weighted by Gasteiger charge is -2.25. The molecule has 0 amide bonds. The van der Waals surface area contributed by atoms with Crippen LogP contribution in [0.25, 0.3) is 21.8 Å². The lowest BCUT2D eigenvalue weighted by molar-refractivity contribution is 0.940. The first kappa shape index (κ1) is 53.5. The molecule has 6 heteroatoms. The molecular formula is C56H88N2Si4. The maximum atomic E-state index is 5.31. The fourth-order valence-corrected chi connectivity index (χ4v) is 28.7. The number of rotatable bonds is 24. The number of hydrogen-bond donors (Lipinski definition) is 0. The summed E-state index contributed by atoms with van der Waals surface area (Å²) in [4.78, 5) is 10.6. The Balaban J connectivity index is 2.69. The molecular weight excluding hydrogens is 813 g/mol. The highest BCUT2D eigenvalue weighted by atomic mass is 28.3. The zero-order chi connectivity index (χ0) is 45.5. The van der Waals surface area contributed by atoms with E-state index in [2.05, 4.69) is 141 Å². The third-order valence-electron chi connectivity index (χ3n) is 13.4. The molecule has 0 aliphatic carbocycles. The minimum Gasteiger partial charge on any atom is -0.253 e. The predicted octanol–water partition coefficient (Wildman–Crippen LogP) is 17.1. The van der Waals surface area contributed by atoms with E-state index in [0.717, 1.165) is 44.1 Å². The average Bonchev–Trinajstić information content (AvgIpc) is 3.24. The van der Waals surface area contributed by atoms with E-state index in [1.165, 1.54) is 150 Å². The Morgan fingerprint density at radius 1 is 0.323 bits per heavy atom. The van der Waals surface area contributed by atoms with Gasteiger partial charge in [-0.3, -0.25) is 9.97 Å². The summed E-state index contributed by atoms with van der Waals surface area (Å²) in [5.41, 5.74) is 22.4. The first-order valence-corrected chi connectivity index (χ1v) is 36.4. The molecule has 2 nitrogen and oxygen atoms in total. The van der Waals surface area contributed by atoms with Crippen LogP contribution >= 0.6 is 0 Å². The predicted molar refractivity (Wildman–Crippen MR) is 289 cm³/mol. The highest BCUT2D eigenvalue weighted by Crippen LogP contribution is 2.34. The summed E-state index contributed by atoms with van der Waals surface area (Å²) >= 11 is 0. The molecule has 0 unspecified atom stereocenters. The Labute approximate surface area is 387 Å². The van der Waals surface area contributed by atoms with E-state index in [0.29, 0.717) is 0 Å². The van der Waals surface area contributed by atoms with Gasteiger partial charge in [0.05, 0.1) is 11.0 Å². The van der Waals surface area contributed by atoms with Gasteiger partial charge in [-0.2, -0.15) is 0 Å². The third-order valence-corrected chi connectivity index (χ3v) is 33.5. The van der Waals surface area contributed by atoms with Gasteiger partial charge in [0.1, 0.15) is 32.3 Å². The topological polar surface area (TPSA) is 25.8 Å². The normalized spacial score (nSPS) is 11.9. The second-order valence-corrected chi connectivity index (χ2v) is 36.4. The Morgan fingerprint density at radius 3 is 0.742 bits per heavy atom. The van der Waals surface area contributed by atoms with Gasteiger partial charge in [0.2, 0.25) is 0 Å². The number of aromatic nitrogens is 2. The molecule has 1 aromatic carbocycles. The van der Waals surface area contributed by atoms with Crippen LogP contribution in [0.1, 0.15) is 182 Å². The number of pyridine rings is 2. The van der Waals surface area contributed by atoms with Crippen LogP contribution in [0.4, 0.5) is 0 Å². The molecule has 0 atom stereocenters. The van der Waals surface area contributed by atoms with Gasteiger partial charge in [0.25, 0.3) is 0 Å². The highest BCUT2D eigenvalue weighted by molar-refractivity contribution is 6.88. The van der Waals surface area contributed by atoms with Gasteiger partial charge in [-0.05, 0) is 84.7 Å². The molecule has 0 aliphatic heterocycles. The van der Waals surface area contributed by atoms with Crippen LogP contribution in [0, 0.1) is 45.9 Å². The molecule has 3 aromatic rings. The molecule has 0 spiro atoms. The van der Waals surface area contributed by atoms with Crippen molar-refractivity contribution in [2.75, 3.05) is 0 Å². The summed E-state index contributed by atoms with van der Waals surface area (Å²) in [7, 11) is -7.23. The van der Waals surface area contributed by atoms with Crippen LogP contribution in [0.15, 0.2) is 24.5 Å². The van der Waals surface area contributed by atoms with Crippen LogP contribution in [-0.4, -0.2) is 42.3 Å². The van der Waals surface area contributed by atoms with Crippen molar-refractivity contribution in [2.45, 2.75) is 233 Å². The fraction of sp³-hybridized carbons (Fsp3) is 0.643. The third kappa shape index (κ3) is 14.6. The number of hydrogen-bond acceptors (Lipinski definition) is 2. The molecule has 2 heterocycles. The number of benzene rings is 1. The zero-order valence-corrected chi connectivity index (χ0v) is 46.2. The summed E-state index contributed by atoms with van der Waals surface area (Å²) in [6, 6.07) is 19.8. The molecule has 0 aliphatic rings. The van der Waals surface area contributed by atoms with Crippen molar-refractivity contribution in [1.29, 1.82) is 0 Å². The average molecular weight is 902 g/mol. The van der Waals surface area contributed by atoms with Gasteiger partial charge in [0, 0.05) is 45.4 Å². The van der Waals surface area contributed by atoms with E-state index in [1.807, 2.05) is 12.4 Å². The van der Waals surface area contributed by atoms with Gasteiger partial charge < -0.3 is 0 Å². The van der Waals surface area contributed by atoms with E-state index in [9.17, 15) is 0 Å². The van der Waals surface area contributed by atoms with Crippen molar-refractivity contribution < 1.29 is 0 Å².